The van der Waals surface area contributed by atoms with Crippen LogP contribution in [0, 0.1) is 0 Å². The van der Waals surface area contributed by atoms with Crippen molar-refractivity contribution in [2.75, 3.05) is 27.2 Å². The molecule has 0 radical (unpaired) electrons. The summed E-state index contributed by atoms with van der Waals surface area (Å²) in [5.41, 5.74) is 1.10. The van der Waals surface area contributed by atoms with Crippen LogP contribution in [-0.4, -0.2) is 59.2 Å². The van der Waals surface area contributed by atoms with Gasteiger partial charge in [0.1, 0.15) is 0 Å². The maximum Gasteiger partial charge on any atom is 0.414 e. The average Bonchev–Trinajstić information content (AvgIpc) is 2.36. The highest BCUT2D eigenvalue weighted by Gasteiger charge is 2.04. The Kier molecular flexibility index (Phi) is 8.94. The third-order valence-corrected chi connectivity index (χ3v) is 1.95. The second-order valence-electron chi connectivity index (χ2n) is 3.91. The maximum atomic E-state index is 9.10. The zero-order valence-corrected chi connectivity index (χ0v) is 11.0. The summed E-state index contributed by atoms with van der Waals surface area (Å²) in [4.78, 5) is 24.6. The number of carbonyl (C=O) groups is 2. The smallest absolute Gasteiger partial charge is 0.414 e. The van der Waals surface area contributed by atoms with E-state index in [4.69, 9.17) is 19.8 Å². The number of pyridine rings is 1. The number of hydrogen-bond acceptors (Lipinski definition) is 5. The first-order valence-corrected chi connectivity index (χ1v) is 5.65. The third kappa shape index (κ3) is 10.9. The van der Waals surface area contributed by atoms with Crippen LogP contribution >= 0.6 is 0 Å². The lowest BCUT2D eigenvalue weighted by molar-refractivity contribution is -0.159. The maximum absolute atomic E-state index is 9.10. The molecule has 0 atom stereocenters. The van der Waals surface area contributed by atoms with Crippen molar-refractivity contribution in [1.29, 1.82) is 0 Å². The number of hydrogen-bond donors (Lipinski definition) is 3. The highest BCUT2D eigenvalue weighted by molar-refractivity contribution is 6.27. The van der Waals surface area contributed by atoms with E-state index in [1.54, 1.807) is 0 Å². The van der Waals surface area contributed by atoms with Crippen LogP contribution in [0.15, 0.2) is 24.4 Å². The largest absolute Gasteiger partial charge is 0.473 e. The number of likely N-dealkylation sites (N-methyl/N-ethyl adjacent to an activating group) is 1. The number of aliphatic carboxylic acids is 2. The van der Waals surface area contributed by atoms with Gasteiger partial charge in [0.25, 0.3) is 0 Å². The van der Waals surface area contributed by atoms with E-state index in [1.165, 1.54) is 0 Å². The minimum Gasteiger partial charge on any atom is -0.473 e. The van der Waals surface area contributed by atoms with E-state index in [2.05, 4.69) is 29.3 Å². The molecular weight excluding hydrogens is 250 g/mol. The number of carboxylic acid groups (broad SMARTS) is 2. The van der Waals surface area contributed by atoms with E-state index in [1.807, 2.05) is 24.4 Å². The average molecular weight is 269 g/mol. The molecule has 0 fully saturated rings. The Morgan fingerprint density at radius 3 is 2.32 bits per heavy atom. The van der Waals surface area contributed by atoms with Crippen LogP contribution in [0.3, 0.4) is 0 Å². The van der Waals surface area contributed by atoms with Crippen LogP contribution in [0.2, 0.25) is 0 Å². The number of nitrogens with zero attached hydrogens (tertiary/aromatic N) is 2. The first-order valence-electron chi connectivity index (χ1n) is 5.65. The molecule has 0 aliphatic carbocycles. The molecule has 0 spiro atoms. The summed E-state index contributed by atoms with van der Waals surface area (Å²) in [5.74, 6) is -3.65. The number of carboxylic acids is 2. The Balaban J connectivity index is 0.000000459. The van der Waals surface area contributed by atoms with E-state index in [-0.39, 0.29) is 0 Å². The first kappa shape index (κ1) is 17.0. The predicted octanol–water partition coefficient (Wildman–Crippen LogP) is -0.112. The van der Waals surface area contributed by atoms with Gasteiger partial charge in [-0.3, -0.25) is 4.98 Å². The van der Waals surface area contributed by atoms with E-state index < -0.39 is 11.9 Å². The molecule has 7 heteroatoms. The summed E-state index contributed by atoms with van der Waals surface area (Å²) in [5, 5.41) is 18.1. The second kappa shape index (κ2) is 9.98. The lowest BCUT2D eigenvalue weighted by Crippen LogP contribution is -2.26. The fraction of sp³-hybridized carbons (Fsp3) is 0.417. The van der Waals surface area contributed by atoms with Crippen LogP contribution in [0.1, 0.15) is 5.69 Å². The van der Waals surface area contributed by atoms with Crippen molar-refractivity contribution in [3.05, 3.63) is 30.1 Å². The lowest BCUT2D eigenvalue weighted by atomic mass is 10.3. The molecule has 1 rings (SSSR count). The molecule has 0 bridgehead atoms. The minimum absolute atomic E-state index is 0.856. The highest BCUT2D eigenvalue weighted by atomic mass is 16.4. The van der Waals surface area contributed by atoms with Gasteiger partial charge in [-0.15, -0.1) is 0 Å². The summed E-state index contributed by atoms with van der Waals surface area (Å²) in [7, 11) is 4.14. The highest BCUT2D eigenvalue weighted by Crippen LogP contribution is 1.91. The van der Waals surface area contributed by atoms with Crippen molar-refractivity contribution in [2.24, 2.45) is 0 Å². The fourth-order valence-corrected chi connectivity index (χ4v) is 1.02. The lowest BCUT2D eigenvalue weighted by Gasteiger charge is -2.09. The van der Waals surface area contributed by atoms with Gasteiger partial charge in [-0.1, -0.05) is 6.07 Å². The number of aromatic nitrogens is 1. The summed E-state index contributed by atoms with van der Waals surface area (Å²) in [6.07, 6.45) is 1.82. The van der Waals surface area contributed by atoms with Gasteiger partial charge in [-0.2, -0.15) is 0 Å². The predicted molar refractivity (Wildman–Crippen MR) is 69.8 cm³/mol. The molecule has 0 aliphatic heterocycles. The van der Waals surface area contributed by atoms with Gasteiger partial charge < -0.3 is 20.4 Å². The summed E-state index contributed by atoms with van der Waals surface area (Å²) >= 11 is 0. The van der Waals surface area contributed by atoms with Gasteiger partial charge in [0.15, 0.2) is 0 Å². The molecule has 0 aliphatic rings. The summed E-state index contributed by atoms with van der Waals surface area (Å²) in [6, 6.07) is 5.97. The third-order valence-electron chi connectivity index (χ3n) is 1.95. The van der Waals surface area contributed by atoms with Gasteiger partial charge in [0.2, 0.25) is 0 Å². The molecule has 3 N–H and O–H groups in total. The Hall–Kier alpha value is -1.99. The van der Waals surface area contributed by atoms with Gasteiger partial charge >= 0.3 is 11.9 Å². The van der Waals surface area contributed by atoms with Crippen molar-refractivity contribution < 1.29 is 19.8 Å². The molecular formula is C12H19N3O4. The number of rotatable bonds is 5. The van der Waals surface area contributed by atoms with Gasteiger partial charge in [-0.25, -0.2) is 9.59 Å². The Bertz CT molecular complexity index is 370. The fourth-order valence-electron chi connectivity index (χ4n) is 1.02. The Morgan fingerprint density at radius 2 is 1.89 bits per heavy atom. The van der Waals surface area contributed by atoms with E-state index in [0.29, 0.717) is 0 Å². The molecule has 19 heavy (non-hydrogen) atoms. The SMILES string of the molecule is CN(C)CCNCc1ccccn1.O=C(O)C(=O)O. The first-order chi connectivity index (χ1) is 8.93. The molecule has 106 valence electrons. The minimum atomic E-state index is -1.82. The van der Waals surface area contributed by atoms with Crippen molar-refractivity contribution in [2.45, 2.75) is 6.54 Å². The van der Waals surface area contributed by atoms with Gasteiger partial charge in [-0.05, 0) is 26.2 Å². The molecule has 0 amide bonds. The molecule has 0 saturated heterocycles. The molecule has 1 heterocycles. The number of nitrogens with one attached hydrogen (secondary N) is 1. The van der Waals surface area contributed by atoms with Gasteiger partial charge in [0.05, 0.1) is 5.69 Å². The van der Waals surface area contributed by atoms with Crippen LogP contribution in [0.4, 0.5) is 0 Å². The standard InChI is InChI=1S/C10H17N3.C2H2O4/c1-13(2)8-7-11-9-10-5-3-4-6-12-10;3-1(4)2(5)6/h3-6,11H,7-9H2,1-2H3;(H,3,4)(H,5,6). The van der Waals surface area contributed by atoms with Crippen molar-refractivity contribution in [1.82, 2.24) is 15.2 Å². The molecule has 0 unspecified atom stereocenters. The topological polar surface area (TPSA) is 103 Å². The zero-order chi connectivity index (χ0) is 14.7. The normalized spacial score (nSPS) is 9.63. The summed E-state index contributed by atoms with van der Waals surface area (Å²) in [6.45, 7) is 2.92. The molecule has 0 saturated carbocycles. The van der Waals surface area contributed by atoms with Gasteiger partial charge in [0, 0.05) is 25.8 Å². The molecule has 1 aromatic rings. The van der Waals surface area contributed by atoms with E-state index in [0.717, 1.165) is 25.3 Å². The molecule has 1 aromatic heterocycles. The second-order valence-corrected chi connectivity index (χ2v) is 3.91. The van der Waals surface area contributed by atoms with Crippen molar-refractivity contribution in [3.8, 4) is 0 Å². The van der Waals surface area contributed by atoms with Crippen LogP contribution < -0.4 is 5.32 Å². The van der Waals surface area contributed by atoms with Crippen LogP contribution in [-0.2, 0) is 16.1 Å². The van der Waals surface area contributed by atoms with Crippen LogP contribution in [0.25, 0.3) is 0 Å². The van der Waals surface area contributed by atoms with Crippen molar-refractivity contribution in [3.63, 3.8) is 0 Å². The van der Waals surface area contributed by atoms with E-state index >= 15 is 0 Å². The Morgan fingerprint density at radius 1 is 1.26 bits per heavy atom. The van der Waals surface area contributed by atoms with E-state index in [9.17, 15) is 0 Å². The molecule has 0 aromatic carbocycles. The Labute approximate surface area is 111 Å². The van der Waals surface area contributed by atoms with Crippen molar-refractivity contribution >= 4 is 11.9 Å². The van der Waals surface area contributed by atoms with Crippen LogP contribution in [0.5, 0.6) is 0 Å². The summed E-state index contributed by atoms with van der Waals surface area (Å²) < 4.78 is 0. The quantitative estimate of drug-likeness (QED) is 0.506. The monoisotopic (exact) mass is 269 g/mol. The zero-order valence-electron chi connectivity index (χ0n) is 11.0. The molecule has 7 nitrogen and oxygen atoms in total.